The lowest BCUT2D eigenvalue weighted by molar-refractivity contribution is 1.10. The Bertz CT molecular complexity index is 188. The van der Waals surface area contributed by atoms with Crippen molar-refractivity contribution in [2.24, 2.45) is 4.99 Å². The van der Waals surface area contributed by atoms with Crippen molar-refractivity contribution in [1.29, 1.82) is 0 Å². The predicted molar refractivity (Wildman–Crippen MR) is 50.7 cm³/mol. The van der Waals surface area contributed by atoms with Gasteiger partial charge in [-0.25, -0.2) is 0 Å². The van der Waals surface area contributed by atoms with E-state index in [1.54, 1.807) is 13.4 Å². The van der Waals surface area contributed by atoms with Gasteiger partial charge in [-0.2, -0.15) is 0 Å². The number of aliphatic imine (C=N–C) groups is 1. The molecule has 1 N–H and O–H groups in total. The molecule has 0 aliphatic rings. The van der Waals surface area contributed by atoms with E-state index in [2.05, 4.69) is 23.3 Å². The van der Waals surface area contributed by atoms with Gasteiger partial charge >= 0.3 is 0 Å². The van der Waals surface area contributed by atoms with Gasteiger partial charge in [-0.3, -0.25) is 4.99 Å². The van der Waals surface area contributed by atoms with Crippen molar-refractivity contribution in [2.45, 2.75) is 20.8 Å². The third-order valence-corrected chi connectivity index (χ3v) is 1.42. The quantitative estimate of drug-likeness (QED) is 0.374. The Balaban J connectivity index is 4.15. The monoisotopic (exact) mass is 152 g/mol. The summed E-state index contributed by atoms with van der Waals surface area (Å²) < 4.78 is 0. The molecule has 0 heterocycles. The van der Waals surface area contributed by atoms with E-state index in [4.69, 9.17) is 0 Å². The average molecular weight is 152 g/mol. The average Bonchev–Trinajstić information content (AvgIpc) is 2.00. The minimum atomic E-state index is 1.13. The van der Waals surface area contributed by atoms with Crippen LogP contribution in [0, 0.1) is 0 Å². The predicted octanol–water partition coefficient (Wildman–Crippen LogP) is 2.10. The van der Waals surface area contributed by atoms with Crippen molar-refractivity contribution < 1.29 is 0 Å². The zero-order chi connectivity index (χ0) is 8.69. The summed E-state index contributed by atoms with van der Waals surface area (Å²) in [5.41, 5.74) is 2.36. The van der Waals surface area contributed by atoms with Crippen LogP contribution < -0.4 is 5.32 Å². The molecule has 62 valence electrons. The standard InChI is InChI=1S/C9H16N2/c1-5-6-8(2)9(3)11-7-10-4/h5-7H,1-4H3,(H,10,11)/b6-5-,9-8+. The highest BCUT2D eigenvalue weighted by molar-refractivity contribution is 5.57. The van der Waals surface area contributed by atoms with Crippen LogP contribution in [0.5, 0.6) is 0 Å². The van der Waals surface area contributed by atoms with Crippen LogP contribution in [0.1, 0.15) is 20.8 Å². The topological polar surface area (TPSA) is 24.4 Å². The first-order valence-electron chi connectivity index (χ1n) is 3.69. The largest absolute Gasteiger partial charge is 0.350 e. The molecule has 0 atom stereocenters. The molecule has 0 radical (unpaired) electrons. The van der Waals surface area contributed by atoms with Crippen molar-refractivity contribution in [3.63, 3.8) is 0 Å². The van der Waals surface area contributed by atoms with Crippen molar-refractivity contribution in [2.75, 3.05) is 7.05 Å². The van der Waals surface area contributed by atoms with Crippen LogP contribution in [-0.2, 0) is 0 Å². The fourth-order valence-corrected chi connectivity index (χ4v) is 0.650. The van der Waals surface area contributed by atoms with E-state index in [9.17, 15) is 0 Å². The highest BCUT2D eigenvalue weighted by atomic mass is 14.9. The van der Waals surface area contributed by atoms with Crippen LogP contribution in [0.2, 0.25) is 0 Å². The summed E-state index contributed by atoms with van der Waals surface area (Å²) in [6, 6.07) is 0. The molecule has 11 heavy (non-hydrogen) atoms. The van der Waals surface area contributed by atoms with Crippen molar-refractivity contribution in [3.05, 3.63) is 23.4 Å². The molecule has 0 bridgehead atoms. The normalized spacial score (nSPS) is 14.2. The van der Waals surface area contributed by atoms with Crippen LogP contribution in [0.3, 0.4) is 0 Å². The summed E-state index contributed by atoms with van der Waals surface area (Å²) in [6.07, 6.45) is 5.76. The molecule has 0 unspecified atom stereocenters. The number of hydrogen-bond acceptors (Lipinski definition) is 1. The molecule has 0 aromatic rings. The zero-order valence-electron chi connectivity index (χ0n) is 7.68. The summed E-state index contributed by atoms with van der Waals surface area (Å²) in [4.78, 5) is 3.82. The summed E-state index contributed by atoms with van der Waals surface area (Å²) in [5.74, 6) is 0. The smallest absolute Gasteiger partial charge is 0.0861 e. The molecule has 0 fully saturated rings. The molecule has 0 amide bonds. The number of nitrogens with one attached hydrogen (secondary N) is 1. The summed E-state index contributed by atoms with van der Waals surface area (Å²) >= 11 is 0. The fourth-order valence-electron chi connectivity index (χ4n) is 0.650. The lowest BCUT2D eigenvalue weighted by Crippen LogP contribution is -2.08. The molecule has 0 rings (SSSR count). The van der Waals surface area contributed by atoms with Crippen LogP contribution in [0.25, 0.3) is 0 Å². The van der Waals surface area contributed by atoms with Gasteiger partial charge in [0.05, 0.1) is 6.34 Å². The molecule has 0 aliphatic carbocycles. The van der Waals surface area contributed by atoms with Crippen LogP contribution in [-0.4, -0.2) is 13.4 Å². The second-order valence-corrected chi connectivity index (χ2v) is 2.34. The van der Waals surface area contributed by atoms with Gasteiger partial charge in [-0.15, -0.1) is 0 Å². The third-order valence-electron chi connectivity index (χ3n) is 1.42. The van der Waals surface area contributed by atoms with E-state index in [0.717, 1.165) is 5.70 Å². The molecule has 0 aromatic heterocycles. The maximum Gasteiger partial charge on any atom is 0.0861 e. The number of nitrogens with zero attached hydrogens (tertiary/aromatic N) is 1. The highest BCUT2D eigenvalue weighted by Crippen LogP contribution is 1.99. The Kier molecular flexibility index (Phi) is 5.17. The van der Waals surface area contributed by atoms with E-state index in [0.29, 0.717) is 0 Å². The van der Waals surface area contributed by atoms with E-state index in [-0.39, 0.29) is 0 Å². The molecule has 2 nitrogen and oxygen atoms in total. The Morgan fingerprint density at radius 3 is 2.45 bits per heavy atom. The second kappa shape index (κ2) is 5.71. The summed E-state index contributed by atoms with van der Waals surface area (Å²) in [7, 11) is 1.74. The van der Waals surface area contributed by atoms with Crippen molar-refractivity contribution in [1.82, 2.24) is 5.32 Å². The van der Waals surface area contributed by atoms with E-state index < -0.39 is 0 Å². The Morgan fingerprint density at radius 2 is 2.00 bits per heavy atom. The second-order valence-electron chi connectivity index (χ2n) is 2.34. The SMILES string of the molecule is C/C=C\C(C)=C(/C)NC=NC. The first-order valence-corrected chi connectivity index (χ1v) is 3.69. The lowest BCUT2D eigenvalue weighted by Gasteiger charge is -2.01. The van der Waals surface area contributed by atoms with E-state index in [1.165, 1.54) is 5.57 Å². The third kappa shape index (κ3) is 4.37. The van der Waals surface area contributed by atoms with Crippen molar-refractivity contribution in [3.8, 4) is 0 Å². The van der Waals surface area contributed by atoms with Gasteiger partial charge in [0.25, 0.3) is 0 Å². The summed E-state index contributed by atoms with van der Waals surface area (Å²) in [5, 5.41) is 3.05. The van der Waals surface area contributed by atoms with Gasteiger partial charge in [-0.1, -0.05) is 12.2 Å². The molecule has 0 aromatic carbocycles. The maximum atomic E-state index is 3.82. The number of allylic oxidation sites excluding steroid dienone is 4. The number of rotatable bonds is 3. The van der Waals surface area contributed by atoms with Gasteiger partial charge in [0.15, 0.2) is 0 Å². The first-order chi connectivity index (χ1) is 5.22. The van der Waals surface area contributed by atoms with Gasteiger partial charge in [0.2, 0.25) is 0 Å². The lowest BCUT2D eigenvalue weighted by atomic mass is 10.2. The van der Waals surface area contributed by atoms with Crippen LogP contribution in [0.15, 0.2) is 28.4 Å². The zero-order valence-corrected chi connectivity index (χ0v) is 7.68. The maximum absolute atomic E-state index is 3.82. The van der Waals surface area contributed by atoms with Gasteiger partial charge in [0.1, 0.15) is 0 Å². The summed E-state index contributed by atoms with van der Waals surface area (Å²) in [6.45, 7) is 6.09. The minimum Gasteiger partial charge on any atom is -0.350 e. The molecular formula is C9H16N2. The van der Waals surface area contributed by atoms with E-state index >= 15 is 0 Å². The van der Waals surface area contributed by atoms with Crippen LogP contribution in [0.4, 0.5) is 0 Å². The molecular weight excluding hydrogens is 136 g/mol. The molecule has 0 spiro atoms. The van der Waals surface area contributed by atoms with Gasteiger partial charge in [-0.05, 0) is 26.3 Å². The van der Waals surface area contributed by atoms with E-state index in [1.807, 2.05) is 19.9 Å². The first kappa shape index (κ1) is 9.95. The van der Waals surface area contributed by atoms with Crippen molar-refractivity contribution >= 4 is 6.34 Å². The minimum absolute atomic E-state index is 1.13. The van der Waals surface area contributed by atoms with Gasteiger partial charge in [0, 0.05) is 12.7 Å². The Morgan fingerprint density at radius 1 is 1.36 bits per heavy atom. The molecule has 0 saturated carbocycles. The Labute approximate surface area is 68.7 Å². The molecule has 0 saturated heterocycles. The van der Waals surface area contributed by atoms with Crippen LogP contribution >= 0.6 is 0 Å². The van der Waals surface area contributed by atoms with Gasteiger partial charge < -0.3 is 5.32 Å². The Hall–Kier alpha value is -1.05. The highest BCUT2D eigenvalue weighted by Gasteiger charge is 1.87. The number of hydrogen-bond donors (Lipinski definition) is 1. The molecule has 2 heteroatoms. The fraction of sp³-hybridized carbons (Fsp3) is 0.444. The molecule has 0 aliphatic heterocycles.